The van der Waals surface area contributed by atoms with Crippen molar-refractivity contribution in [3.05, 3.63) is 30.1 Å². The minimum absolute atomic E-state index is 0.129. The van der Waals surface area contributed by atoms with Crippen LogP contribution in [-0.4, -0.2) is 68.5 Å². The van der Waals surface area contributed by atoms with Crippen molar-refractivity contribution in [2.75, 3.05) is 45.9 Å². The van der Waals surface area contributed by atoms with Gasteiger partial charge in [0.1, 0.15) is 4.90 Å². The molecule has 0 radical (unpaired) electrons. The van der Waals surface area contributed by atoms with E-state index in [1.54, 1.807) is 10.4 Å². The molecule has 32 heavy (non-hydrogen) atoms. The molecule has 0 unspecified atom stereocenters. The summed E-state index contributed by atoms with van der Waals surface area (Å²) < 4.78 is 33.9. The highest BCUT2D eigenvalue weighted by molar-refractivity contribution is 7.89. The van der Waals surface area contributed by atoms with E-state index in [-0.39, 0.29) is 5.41 Å². The Morgan fingerprint density at radius 3 is 2.53 bits per heavy atom. The van der Waals surface area contributed by atoms with E-state index in [1.807, 2.05) is 12.1 Å². The second-order valence-corrected chi connectivity index (χ2v) is 13.0. The summed E-state index contributed by atoms with van der Waals surface area (Å²) >= 11 is 0. The Bertz CT molecular complexity index is 911. The summed E-state index contributed by atoms with van der Waals surface area (Å²) in [6, 6.07) is 3.57. The number of aromatic nitrogens is 1. The molecule has 2 fully saturated rings. The van der Waals surface area contributed by atoms with Gasteiger partial charge in [-0.1, -0.05) is 26.8 Å². The summed E-state index contributed by atoms with van der Waals surface area (Å²) in [7, 11) is -3.51. The van der Waals surface area contributed by atoms with Crippen molar-refractivity contribution in [2.45, 2.75) is 64.2 Å². The fourth-order valence-corrected chi connectivity index (χ4v) is 6.69. The molecule has 178 valence electrons. The average Bonchev–Trinajstić information content (AvgIpc) is 2.79. The van der Waals surface area contributed by atoms with Crippen LogP contribution < -0.4 is 0 Å². The van der Waals surface area contributed by atoms with Gasteiger partial charge in [-0.05, 0) is 86.7 Å². The Hall–Kier alpha value is -1.28. The van der Waals surface area contributed by atoms with Gasteiger partial charge in [0, 0.05) is 19.3 Å². The van der Waals surface area contributed by atoms with E-state index in [2.05, 4.69) is 30.7 Å². The lowest BCUT2D eigenvalue weighted by Crippen LogP contribution is -2.51. The molecule has 0 atom stereocenters. The molecule has 0 amide bonds. The molecule has 0 N–H and O–H groups in total. The number of piperidine rings is 2. The molecule has 2 saturated heterocycles. The number of ether oxygens (including phenoxy) is 1. The van der Waals surface area contributed by atoms with Crippen LogP contribution in [0.5, 0.6) is 0 Å². The topological polar surface area (TPSA) is 62.7 Å². The Balaban J connectivity index is 1.40. The van der Waals surface area contributed by atoms with Gasteiger partial charge in [-0.25, -0.2) is 8.42 Å². The molecule has 7 heteroatoms. The molecule has 1 aromatic heterocycles. The summed E-state index contributed by atoms with van der Waals surface area (Å²) in [5.74, 6) is 0. The zero-order chi connectivity index (χ0) is 22.8. The number of rotatable bonds is 5. The highest BCUT2D eigenvalue weighted by atomic mass is 32.2. The Labute approximate surface area is 194 Å². The second kappa shape index (κ2) is 9.53. The summed E-state index contributed by atoms with van der Waals surface area (Å²) in [5.41, 5.74) is 2.47. The molecule has 0 saturated carbocycles. The first-order chi connectivity index (χ1) is 15.2. The molecular weight excluding hydrogens is 422 g/mol. The largest absolute Gasteiger partial charge is 0.377 e. The minimum Gasteiger partial charge on any atom is -0.377 e. The number of hydrogen-bond acceptors (Lipinski definition) is 5. The van der Waals surface area contributed by atoms with Gasteiger partial charge in [-0.2, -0.15) is 4.31 Å². The van der Waals surface area contributed by atoms with Crippen LogP contribution in [-0.2, 0) is 14.8 Å². The normalized spacial score (nSPS) is 23.3. The Kier molecular flexibility index (Phi) is 7.11. The van der Waals surface area contributed by atoms with Crippen molar-refractivity contribution in [3.63, 3.8) is 0 Å². The molecule has 0 bridgehead atoms. The van der Waals surface area contributed by atoms with Crippen molar-refractivity contribution in [3.8, 4) is 0 Å². The molecule has 6 nitrogen and oxygen atoms in total. The van der Waals surface area contributed by atoms with Crippen LogP contribution in [0.1, 0.15) is 65.0 Å². The summed E-state index contributed by atoms with van der Waals surface area (Å²) in [6.07, 6.45) is 9.86. The predicted molar refractivity (Wildman–Crippen MR) is 128 cm³/mol. The van der Waals surface area contributed by atoms with Crippen LogP contribution in [0.2, 0.25) is 0 Å². The molecule has 0 aliphatic carbocycles. The predicted octanol–water partition coefficient (Wildman–Crippen LogP) is 4.19. The third-order valence-electron chi connectivity index (χ3n) is 7.39. The number of pyridine rings is 1. The zero-order valence-corrected chi connectivity index (χ0v) is 20.8. The first-order valence-corrected chi connectivity index (χ1v) is 13.6. The van der Waals surface area contributed by atoms with E-state index in [0.717, 1.165) is 63.0 Å². The molecule has 3 aliphatic heterocycles. The van der Waals surface area contributed by atoms with E-state index in [1.165, 1.54) is 12.6 Å². The smallest absolute Gasteiger partial charge is 0.244 e. The van der Waals surface area contributed by atoms with Crippen LogP contribution >= 0.6 is 0 Å². The first kappa shape index (κ1) is 23.9. The van der Waals surface area contributed by atoms with E-state index < -0.39 is 10.0 Å². The Morgan fingerprint density at radius 2 is 1.91 bits per heavy atom. The second-order valence-electron chi connectivity index (χ2n) is 11.0. The summed E-state index contributed by atoms with van der Waals surface area (Å²) in [4.78, 5) is 7.36. The first-order valence-electron chi connectivity index (χ1n) is 12.1. The number of likely N-dealkylation sites (tertiary alicyclic amines) is 1. The lowest BCUT2D eigenvalue weighted by molar-refractivity contribution is 0.0485. The Morgan fingerprint density at radius 1 is 1.12 bits per heavy atom. The maximum Gasteiger partial charge on any atom is 0.244 e. The fourth-order valence-electron chi connectivity index (χ4n) is 5.15. The van der Waals surface area contributed by atoms with Gasteiger partial charge in [0.05, 0.1) is 18.9 Å². The van der Waals surface area contributed by atoms with Crippen LogP contribution in [0, 0.1) is 10.8 Å². The molecule has 3 aliphatic rings. The van der Waals surface area contributed by atoms with E-state index >= 15 is 0 Å². The van der Waals surface area contributed by atoms with Crippen LogP contribution in [0.3, 0.4) is 0 Å². The van der Waals surface area contributed by atoms with E-state index in [0.29, 0.717) is 36.6 Å². The number of nitrogens with zero attached hydrogens (tertiary/aromatic N) is 3. The van der Waals surface area contributed by atoms with Crippen molar-refractivity contribution in [1.82, 2.24) is 14.2 Å². The van der Waals surface area contributed by atoms with Crippen molar-refractivity contribution >= 4 is 15.6 Å². The maximum absolute atomic E-state index is 13.4. The molecular formula is C25H39N3O3S. The molecule has 1 spiro atoms. The van der Waals surface area contributed by atoms with Gasteiger partial charge >= 0.3 is 0 Å². The fraction of sp³-hybridized carbons (Fsp3) is 0.720. The number of hydrogen-bond donors (Lipinski definition) is 0. The molecule has 1 aromatic rings. The van der Waals surface area contributed by atoms with Crippen molar-refractivity contribution in [1.29, 1.82) is 0 Å². The lowest BCUT2D eigenvalue weighted by Gasteiger charge is -2.47. The maximum atomic E-state index is 13.4. The van der Waals surface area contributed by atoms with Gasteiger partial charge in [-0.3, -0.25) is 4.98 Å². The van der Waals surface area contributed by atoms with E-state index in [4.69, 9.17) is 4.74 Å². The van der Waals surface area contributed by atoms with Gasteiger partial charge in [0.15, 0.2) is 0 Å². The number of sulfonamides is 1. The zero-order valence-electron chi connectivity index (χ0n) is 20.0. The van der Waals surface area contributed by atoms with E-state index in [9.17, 15) is 8.42 Å². The molecule has 4 rings (SSSR count). The third kappa shape index (κ3) is 5.61. The van der Waals surface area contributed by atoms with Gasteiger partial charge in [-0.15, -0.1) is 0 Å². The van der Waals surface area contributed by atoms with Crippen LogP contribution in [0.15, 0.2) is 29.3 Å². The monoisotopic (exact) mass is 461 g/mol. The molecule has 4 heterocycles. The average molecular weight is 462 g/mol. The lowest BCUT2D eigenvalue weighted by atomic mass is 9.73. The third-order valence-corrected chi connectivity index (χ3v) is 9.22. The van der Waals surface area contributed by atoms with Gasteiger partial charge in [0.25, 0.3) is 0 Å². The summed E-state index contributed by atoms with van der Waals surface area (Å²) in [5, 5.41) is 0. The van der Waals surface area contributed by atoms with Gasteiger partial charge in [0.2, 0.25) is 10.0 Å². The molecule has 0 aromatic carbocycles. The van der Waals surface area contributed by atoms with Crippen LogP contribution in [0.25, 0.3) is 5.57 Å². The quantitative estimate of drug-likeness (QED) is 0.658. The van der Waals surface area contributed by atoms with Gasteiger partial charge < -0.3 is 9.64 Å². The standard InChI is InChI=1S/C25H39N3O3S/c1-24(2,3)10-14-27-15-11-25(12-16-27)9-4-13-28(20-25)32(29,30)22-5-6-23(26-19-22)21-7-17-31-18-8-21/h5-7,19H,4,8-18,20H2,1-3H3. The SMILES string of the molecule is CC(C)(C)CCN1CCC2(CCCN(S(=O)(=O)c3ccc(C4=CCOCC4)nc3)C2)CC1. The highest BCUT2D eigenvalue weighted by Crippen LogP contribution is 2.41. The van der Waals surface area contributed by atoms with Crippen molar-refractivity contribution < 1.29 is 13.2 Å². The minimum atomic E-state index is -3.51. The van der Waals surface area contributed by atoms with Crippen LogP contribution in [0.4, 0.5) is 0 Å². The summed E-state index contributed by atoms with van der Waals surface area (Å²) in [6.45, 7) is 12.7. The van der Waals surface area contributed by atoms with Crippen molar-refractivity contribution in [2.24, 2.45) is 10.8 Å². The highest BCUT2D eigenvalue weighted by Gasteiger charge is 2.42.